The van der Waals surface area contributed by atoms with Gasteiger partial charge < -0.3 is 9.64 Å². The fourth-order valence-electron chi connectivity index (χ4n) is 2.80. The normalized spacial score (nSPS) is 10.8. The van der Waals surface area contributed by atoms with Gasteiger partial charge in [-0.05, 0) is 57.4 Å². The van der Waals surface area contributed by atoms with E-state index in [1.165, 1.54) is 23.5 Å². The number of hydrogen-bond donors (Lipinski definition) is 0. The standard InChI is InChI=1S/C20H22FN3O2S.ClH/c1-23(2)11-6-12-24(19(25)15-7-4-5-8-17(15)26-3)20-22-16-10-9-14(21)13-18(16)27-20;/h4-5,7-10,13H,6,11-12H2,1-3H3;1H. The molecule has 1 aromatic heterocycles. The van der Waals surface area contributed by atoms with Crippen molar-refractivity contribution in [1.82, 2.24) is 9.88 Å². The molecular formula is C20H23ClFN3O2S. The molecule has 8 heteroatoms. The lowest BCUT2D eigenvalue weighted by Crippen LogP contribution is -2.33. The van der Waals surface area contributed by atoms with E-state index in [-0.39, 0.29) is 24.1 Å². The predicted octanol–water partition coefficient (Wildman–Crippen LogP) is 4.46. The quantitative estimate of drug-likeness (QED) is 0.562. The number of nitrogens with zero attached hydrogens (tertiary/aromatic N) is 3. The molecule has 150 valence electrons. The number of carbonyl (C=O) groups excluding carboxylic acids is 1. The molecule has 3 aromatic rings. The van der Waals surface area contributed by atoms with Crippen LogP contribution >= 0.6 is 23.7 Å². The summed E-state index contributed by atoms with van der Waals surface area (Å²) < 4.78 is 19.6. The lowest BCUT2D eigenvalue weighted by molar-refractivity contribution is 0.0983. The van der Waals surface area contributed by atoms with Crippen LogP contribution in [0, 0.1) is 5.82 Å². The van der Waals surface area contributed by atoms with Crippen LogP contribution in [0.1, 0.15) is 16.8 Å². The van der Waals surface area contributed by atoms with Gasteiger partial charge in [-0.15, -0.1) is 12.4 Å². The highest BCUT2D eigenvalue weighted by atomic mass is 35.5. The zero-order chi connectivity index (χ0) is 19.4. The van der Waals surface area contributed by atoms with Crippen molar-refractivity contribution in [3.63, 3.8) is 0 Å². The number of benzene rings is 2. The molecule has 1 amide bonds. The number of rotatable bonds is 7. The van der Waals surface area contributed by atoms with Crippen molar-refractivity contribution in [2.45, 2.75) is 6.42 Å². The molecule has 0 saturated heterocycles. The van der Waals surface area contributed by atoms with Gasteiger partial charge in [-0.2, -0.15) is 0 Å². The highest BCUT2D eigenvalue weighted by Crippen LogP contribution is 2.31. The number of aromatic nitrogens is 1. The molecule has 0 spiro atoms. The van der Waals surface area contributed by atoms with E-state index in [1.807, 2.05) is 26.2 Å². The highest BCUT2D eigenvalue weighted by Gasteiger charge is 2.23. The second-order valence-electron chi connectivity index (χ2n) is 6.42. The SMILES string of the molecule is COc1ccccc1C(=O)N(CCCN(C)C)c1nc2ccc(F)cc2s1.Cl. The Morgan fingerprint density at radius 1 is 1.18 bits per heavy atom. The fourth-order valence-corrected chi connectivity index (χ4v) is 3.81. The molecule has 5 nitrogen and oxygen atoms in total. The summed E-state index contributed by atoms with van der Waals surface area (Å²) in [6.45, 7) is 1.35. The van der Waals surface area contributed by atoms with Crippen LogP contribution in [0.2, 0.25) is 0 Å². The van der Waals surface area contributed by atoms with Gasteiger partial charge in [-0.25, -0.2) is 9.37 Å². The monoisotopic (exact) mass is 423 g/mol. The molecule has 0 atom stereocenters. The van der Waals surface area contributed by atoms with Crippen LogP contribution in [0.4, 0.5) is 9.52 Å². The average molecular weight is 424 g/mol. The molecule has 0 bridgehead atoms. The maximum atomic E-state index is 13.5. The van der Waals surface area contributed by atoms with Crippen molar-refractivity contribution in [2.24, 2.45) is 0 Å². The van der Waals surface area contributed by atoms with E-state index >= 15 is 0 Å². The van der Waals surface area contributed by atoms with E-state index in [1.54, 1.807) is 30.2 Å². The predicted molar refractivity (Wildman–Crippen MR) is 115 cm³/mol. The molecule has 28 heavy (non-hydrogen) atoms. The zero-order valence-corrected chi connectivity index (χ0v) is 17.6. The van der Waals surface area contributed by atoms with Gasteiger partial charge >= 0.3 is 0 Å². The van der Waals surface area contributed by atoms with Gasteiger partial charge in [-0.1, -0.05) is 23.5 Å². The van der Waals surface area contributed by atoms with E-state index in [0.717, 1.165) is 17.7 Å². The number of ether oxygens (including phenoxy) is 1. The van der Waals surface area contributed by atoms with Gasteiger partial charge in [0.25, 0.3) is 5.91 Å². The second-order valence-corrected chi connectivity index (χ2v) is 7.43. The molecule has 0 unspecified atom stereocenters. The van der Waals surface area contributed by atoms with Crippen molar-refractivity contribution in [3.8, 4) is 5.75 Å². The van der Waals surface area contributed by atoms with Crippen molar-refractivity contribution in [2.75, 3.05) is 39.2 Å². The first-order valence-electron chi connectivity index (χ1n) is 8.65. The molecule has 2 aromatic carbocycles. The van der Waals surface area contributed by atoms with Crippen LogP contribution in [-0.2, 0) is 0 Å². The highest BCUT2D eigenvalue weighted by molar-refractivity contribution is 7.22. The number of hydrogen-bond acceptors (Lipinski definition) is 5. The van der Waals surface area contributed by atoms with E-state index in [2.05, 4.69) is 9.88 Å². The van der Waals surface area contributed by atoms with E-state index in [9.17, 15) is 9.18 Å². The van der Waals surface area contributed by atoms with Crippen LogP contribution in [0.15, 0.2) is 42.5 Å². The minimum Gasteiger partial charge on any atom is -0.496 e. The van der Waals surface area contributed by atoms with E-state index in [4.69, 9.17) is 4.74 Å². The maximum Gasteiger partial charge on any atom is 0.263 e. The first kappa shape index (κ1) is 22.1. The van der Waals surface area contributed by atoms with Crippen LogP contribution < -0.4 is 9.64 Å². The number of thiazole rings is 1. The van der Waals surface area contributed by atoms with Crippen LogP contribution in [0.3, 0.4) is 0 Å². The molecule has 0 fully saturated rings. The summed E-state index contributed by atoms with van der Waals surface area (Å²) in [5, 5.41) is 0.560. The number of carbonyl (C=O) groups is 1. The van der Waals surface area contributed by atoms with Crippen LogP contribution in [0.5, 0.6) is 5.75 Å². The van der Waals surface area contributed by atoms with Gasteiger partial charge in [-0.3, -0.25) is 9.69 Å². The third kappa shape index (κ3) is 4.98. The summed E-state index contributed by atoms with van der Waals surface area (Å²) in [7, 11) is 5.53. The number of halogens is 2. The molecule has 0 saturated carbocycles. The molecule has 1 heterocycles. The summed E-state index contributed by atoms with van der Waals surface area (Å²) in [6, 6.07) is 11.6. The molecule has 3 rings (SSSR count). The summed E-state index contributed by atoms with van der Waals surface area (Å²) in [5.41, 5.74) is 1.16. The lowest BCUT2D eigenvalue weighted by Gasteiger charge is -2.22. The maximum absolute atomic E-state index is 13.5. The average Bonchev–Trinajstić information content (AvgIpc) is 3.07. The summed E-state index contributed by atoms with van der Waals surface area (Å²) in [6.07, 6.45) is 0.790. The van der Waals surface area contributed by atoms with Gasteiger partial charge in [0, 0.05) is 6.54 Å². The second kappa shape index (κ2) is 9.82. The van der Waals surface area contributed by atoms with Gasteiger partial charge in [0.05, 0.1) is 22.9 Å². The first-order chi connectivity index (χ1) is 13.0. The Morgan fingerprint density at radius 3 is 2.64 bits per heavy atom. The largest absolute Gasteiger partial charge is 0.496 e. The third-order valence-electron chi connectivity index (χ3n) is 4.14. The first-order valence-corrected chi connectivity index (χ1v) is 9.47. The van der Waals surface area contributed by atoms with Crippen molar-refractivity contribution < 1.29 is 13.9 Å². The minimum atomic E-state index is -0.312. The Morgan fingerprint density at radius 2 is 1.93 bits per heavy atom. The van der Waals surface area contributed by atoms with E-state index < -0.39 is 0 Å². The number of para-hydroxylation sites is 1. The molecule has 0 aliphatic rings. The molecular weight excluding hydrogens is 401 g/mol. The van der Waals surface area contributed by atoms with Crippen LogP contribution in [-0.4, -0.2) is 50.1 Å². The number of fused-ring (bicyclic) bond motifs is 1. The summed E-state index contributed by atoms with van der Waals surface area (Å²) in [5.74, 6) is 0.0333. The lowest BCUT2D eigenvalue weighted by atomic mass is 10.1. The molecule has 0 aliphatic heterocycles. The Kier molecular flexibility index (Phi) is 7.74. The van der Waals surface area contributed by atoms with Crippen molar-refractivity contribution in [1.29, 1.82) is 0 Å². The molecule has 0 N–H and O–H groups in total. The fraction of sp³-hybridized carbons (Fsp3) is 0.300. The summed E-state index contributed by atoms with van der Waals surface area (Å²) in [4.78, 5) is 21.6. The Bertz CT molecular complexity index is 948. The van der Waals surface area contributed by atoms with Gasteiger partial charge in [0.15, 0.2) is 5.13 Å². The number of methoxy groups -OCH3 is 1. The molecule has 0 aliphatic carbocycles. The zero-order valence-electron chi connectivity index (χ0n) is 16.0. The van der Waals surface area contributed by atoms with Crippen molar-refractivity contribution in [3.05, 3.63) is 53.8 Å². The van der Waals surface area contributed by atoms with Crippen LogP contribution in [0.25, 0.3) is 10.2 Å². The number of amides is 1. The third-order valence-corrected chi connectivity index (χ3v) is 5.18. The Labute approximate surface area is 174 Å². The Hall–Kier alpha value is -2.22. The summed E-state index contributed by atoms with van der Waals surface area (Å²) >= 11 is 1.31. The Balaban J connectivity index is 0.00000280. The van der Waals surface area contributed by atoms with Gasteiger partial charge in [0.2, 0.25) is 0 Å². The minimum absolute atomic E-state index is 0. The smallest absolute Gasteiger partial charge is 0.263 e. The molecule has 0 radical (unpaired) electrons. The van der Waals surface area contributed by atoms with Crippen molar-refractivity contribution >= 4 is 45.0 Å². The van der Waals surface area contributed by atoms with E-state index in [0.29, 0.717) is 28.5 Å². The van der Waals surface area contributed by atoms with Gasteiger partial charge in [0.1, 0.15) is 11.6 Å². The number of anilines is 1. The topological polar surface area (TPSA) is 45.7 Å².